The number of hydrogen-bond acceptors (Lipinski definition) is 5. The largest absolute Gasteiger partial charge is 0.431 e. The van der Waals surface area contributed by atoms with Crippen LogP contribution in [0.3, 0.4) is 0 Å². The van der Waals surface area contributed by atoms with Crippen LogP contribution < -0.4 is 5.01 Å². The van der Waals surface area contributed by atoms with Gasteiger partial charge in [0.15, 0.2) is 0 Å². The summed E-state index contributed by atoms with van der Waals surface area (Å²) in [4.78, 5) is 0.0747. The van der Waals surface area contributed by atoms with Crippen molar-refractivity contribution in [3.8, 4) is 11.1 Å². The Morgan fingerprint density at radius 3 is 1.85 bits per heavy atom. The molecule has 0 aromatic heterocycles. The summed E-state index contributed by atoms with van der Waals surface area (Å²) in [5.41, 5.74) is -5.08. The summed E-state index contributed by atoms with van der Waals surface area (Å²) in [6.07, 6.45) is -13.1. The van der Waals surface area contributed by atoms with E-state index in [-0.39, 0.29) is 15.6 Å². The molecule has 1 atom stereocenters. The lowest BCUT2D eigenvalue weighted by Crippen LogP contribution is -2.62. The van der Waals surface area contributed by atoms with Gasteiger partial charge in [0.25, 0.3) is 5.60 Å². The number of rotatable bonds is 6. The maximum atomic E-state index is 13.6. The summed E-state index contributed by atoms with van der Waals surface area (Å²) in [5.74, 6) is 0. The first-order valence-electron chi connectivity index (χ1n) is 11.6. The lowest BCUT2D eigenvalue weighted by atomic mass is 9.89. The van der Waals surface area contributed by atoms with E-state index in [1.807, 2.05) is 0 Å². The van der Waals surface area contributed by atoms with Gasteiger partial charge in [-0.3, -0.25) is 5.01 Å². The topological polar surface area (TPSA) is 73.2 Å². The number of sulfonamides is 1. The molecular formula is C26H22ClF6N3O3S. The van der Waals surface area contributed by atoms with Gasteiger partial charge in [-0.25, -0.2) is 12.7 Å². The summed E-state index contributed by atoms with van der Waals surface area (Å²) in [6, 6.07) is 16.9. The Morgan fingerprint density at radius 1 is 0.875 bits per heavy atom. The van der Waals surface area contributed by atoms with Crippen molar-refractivity contribution in [1.82, 2.24) is 4.31 Å². The molecule has 1 heterocycles. The van der Waals surface area contributed by atoms with E-state index in [4.69, 9.17) is 11.6 Å². The van der Waals surface area contributed by atoms with E-state index in [2.05, 4.69) is 5.10 Å². The lowest BCUT2D eigenvalue weighted by molar-refractivity contribution is -0.338. The first-order chi connectivity index (χ1) is 18.5. The van der Waals surface area contributed by atoms with Crippen LogP contribution in [0.5, 0.6) is 0 Å². The normalized spacial score (nSPS) is 16.9. The molecule has 3 aromatic carbocycles. The van der Waals surface area contributed by atoms with Crippen LogP contribution in [0, 0.1) is 0 Å². The highest BCUT2D eigenvalue weighted by Gasteiger charge is 2.74. The van der Waals surface area contributed by atoms with Gasteiger partial charge < -0.3 is 5.11 Å². The molecule has 0 saturated carbocycles. The van der Waals surface area contributed by atoms with E-state index in [0.717, 1.165) is 9.31 Å². The number of nitrogens with zero attached hydrogens (tertiary/aromatic N) is 3. The highest BCUT2D eigenvalue weighted by Crippen LogP contribution is 2.49. The van der Waals surface area contributed by atoms with Crippen LogP contribution in [0.15, 0.2) is 82.8 Å². The zero-order chi connectivity index (χ0) is 29.7. The zero-order valence-corrected chi connectivity index (χ0v) is 22.4. The Bertz CT molecular complexity index is 1510. The van der Waals surface area contributed by atoms with Gasteiger partial charge in [0, 0.05) is 20.5 Å². The molecule has 4 rings (SSSR count). The maximum Gasteiger partial charge on any atom is 0.431 e. The Hall–Kier alpha value is -3.13. The molecule has 0 amide bonds. The molecule has 6 nitrogen and oxygen atoms in total. The minimum atomic E-state index is -6.08. The number of anilines is 1. The second kappa shape index (κ2) is 10.4. The smallest absolute Gasteiger partial charge is 0.369 e. The van der Waals surface area contributed by atoms with Crippen LogP contribution in [0.4, 0.5) is 32.0 Å². The van der Waals surface area contributed by atoms with Gasteiger partial charge in [-0.2, -0.15) is 31.4 Å². The Morgan fingerprint density at radius 2 is 1.38 bits per heavy atom. The predicted molar refractivity (Wildman–Crippen MR) is 139 cm³/mol. The fourth-order valence-electron chi connectivity index (χ4n) is 4.26. The molecule has 0 radical (unpaired) electrons. The van der Waals surface area contributed by atoms with E-state index < -0.39 is 46.2 Å². The predicted octanol–water partition coefficient (Wildman–Crippen LogP) is 6.42. The highest BCUT2D eigenvalue weighted by molar-refractivity contribution is 7.89. The molecule has 14 heteroatoms. The molecular weight excluding hydrogens is 584 g/mol. The zero-order valence-electron chi connectivity index (χ0n) is 20.9. The number of benzene rings is 3. The minimum absolute atomic E-state index is 0.0319. The van der Waals surface area contributed by atoms with Crippen molar-refractivity contribution in [2.45, 2.75) is 35.3 Å². The minimum Gasteiger partial charge on any atom is -0.369 e. The molecule has 3 aromatic rings. The van der Waals surface area contributed by atoms with Crippen molar-refractivity contribution in [2.75, 3.05) is 19.1 Å². The molecule has 1 N–H and O–H groups in total. The number of para-hydroxylation sites is 1. The molecule has 214 valence electrons. The van der Waals surface area contributed by atoms with Crippen molar-refractivity contribution < 1.29 is 39.9 Å². The van der Waals surface area contributed by atoms with Gasteiger partial charge >= 0.3 is 12.4 Å². The Labute approximate surface area is 231 Å². The van der Waals surface area contributed by atoms with Crippen molar-refractivity contribution >= 4 is 33.0 Å². The van der Waals surface area contributed by atoms with E-state index >= 15 is 0 Å². The molecule has 1 unspecified atom stereocenters. The number of hydrazone groups is 1. The first-order valence-corrected chi connectivity index (χ1v) is 13.4. The van der Waals surface area contributed by atoms with Crippen LogP contribution in [-0.2, 0) is 10.0 Å². The summed E-state index contributed by atoms with van der Waals surface area (Å²) in [6.45, 7) is 0. The molecule has 1 aliphatic rings. The molecule has 1 aliphatic heterocycles. The van der Waals surface area contributed by atoms with Crippen molar-refractivity contribution in [1.29, 1.82) is 0 Å². The third-order valence-electron chi connectivity index (χ3n) is 6.51. The summed E-state index contributed by atoms with van der Waals surface area (Å²) in [7, 11) is -0.846. The Balaban J connectivity index is 1.72. The van der Waals surface area contributed by atoms with E-state index in [9.17, 15) is 39.9 Å². The standard InChI is InChI=1S/C26H22ClF6N3O3S/c1-35(2)40(38,39)19-13-11-17(12-14-19)16-7-9-18(10-8-16)22-15-23(24(37,25(28,29)30)26(31,32)33)34-36(22)21-6-4-3-5-20(21)27/h3-14,22,37H,15H2,1-2H3. The van der Waals surface area contributed by atoms with Crippen LogP contribution in [0.25, 0.3) is 11.1 Å². The monoisotopic (exact) mass is 605 g/mol. The van der Waals surface area contributed by atoms with Gasteiger partial charge in [-0.05, 0) is 41.0 Å². The molecule has 40 heavy (non-hydrogen) atoms. The number of aliphatic hydroxyl groups is 1. The highest BCUT2D eigenvalue weighted by atomic mass is 35.5. The molecule has 0 fully saturated rings. The van der Waals surface area contributed by atoms with Gasteiger partial charge in [0.05, 0.1) is 27.4 Å². The Kier molecular flexibility index (Phi) is 7.73. The van der Waals surface area contributed by atoms with Gasteiger partial charge in [0.1, 0.15) is 0 Å². The molecule has 0 saturated heterocycles. The average Bonchev–Trinajstić information content (AvgIpc) is 3.32. The fraction of sp³-hybridized carbons (Fsp3) is 0.269. The summed E-state index contributed by atoms with van der Waals surface area (Å²) < 4.78 is 108. The van der Waals surface area contributed by atoms with Gasteiger partial charge in [-0.1, -0.05) is 60.1 Å². The van der Waals surface area contributed by atoms with Gasteiger partial charge in [0.2, 0.25) is 10.0 Å². The first kappa shape index (κ1) is 29.8. The van der Waals surface area contributed by atoms with Crippen LogP contribution in [0.2, 0.25) is 5.02 Å². The van der Waals surface area contributed by atoms with E-state index in [0.29, 0.717) is 16.7 Å². The number of halogens is 7. The molecule has 0 bridgehead atoms. The maximum absolute atomic E-state index is 13.6. The second-order valence-electron chi connectivity index (χ2n) is 9.20. The van der Waals surface area contributed by atoms with Crippen molar-refractivity contribution in [2.24, 2.45) is 5.10 Å². The van der Waals surface area contributed by atoms with E-state index in [1.54, 1.807) is 24.3 Å². The second-order valence-corrected chi connectivity index (χ2v) is 11.8. The molecule has 0 aliphatic carbocycles. The van der Waals surface area contributed by atoms with Gasteiger partial charge in [-0.15, -0.1) is 0 Å². The average molecular weight is 606 g/mol. The summed E-state index contributed by atoms with van der Waals surface area (Å²) in [5, 5.41) is 14.6. The van der Waals surface area contributed by atoms with Crippen molar-refractivity contribution in [3.05, 3.63) is 83.4 Å². The number of hydrogen-bond donors (Lipinski definition) is 1. The fourth-order valence-corrected chi connectivity index (χ4v) is 5.39. The quantitative estimate of drug-likeness (QED) is 0.329. The SMILES string of the molecule is CN(C)S(=O)(=O)c1ccc(-c2ccc(C3CC(C(O)(C(F)(F)F)C(F)(F)F)=NN3c3ccccc3Cl)cc2)cc1. The van der Waals surface area contributed by atoms with Crippen LogP contribution in [-0.4, -0.2) is 55.6 Å². The van der Waals surface area contributed by atoms with Crippen LogP contribution >= 0.6 is 11.6 Å². The molecule has 0 spiro atoms. The third kappa shape index (κ3) is 5.18. The lowest BCUT2D eigenvalue weighted by Gasteiger charge is -2.32. The number of alkyl halides is 6. The van der Waals surface area contributed by atoms with Crippen LogP contribution in [0.1, 0.15) is 18.0 Å². The summed E-state index contributed by atoms with van der Waals surface area (Å²) >= 11 is 6.20. The third-order valence-corrected chi connectivity index (χ3v) is 8.66. The van der Waals surface area contributed by atoms with E-state index in [1.165, 1.54) is 62.6 Å². The van der Waals surface area contributed by atoms with Crippen molar-refractivity contribution in [3.63, 3.8) is 0 Å².